The van der Waals surface area contributed by atoms with Crippen LogP contribution in [0, 0.1) is 0 Å². The topological polar surface area (TPSA) is 37.3 Å². The molecule has 1 N–H and O–H groups in total. The molecule has 16 heavy (non-hydrogen) atoms. The van der Waals surface area contributed by atoms with Crippen LogP contribution in [0.3, 0.4) is 0 Å². The second-order valence-corrected chi connectivity index (χ2v) is 5.75. The van der Waals surface area contributed by atoms with Gasteiger partial charge in [-0.3, -0.25) is 0 Å². The predicted octanol–water partition coefficient (Wildman–Crippen LogP) is 4.07. The van der Waals surface area contributed by atoms with Gasteiger partial charge in [0.05, 0.1) is 5.56 Å². The Morgan fingerprint density at radius 1 is 1.38 bits per heavy atom. The Bertz CT molecular complexity index is 400. The lowest BCUT2D eigenvalue weighted by molar-refractivity contribution is 0.0693. The number of rotatable bonds is 3. The molecule has 1 aromatic rings. The number of hydrogen-bond donors (Lipinski definition) is 1. The third kappa shape index (κ3) is 2.71. The number of carboxylic acid groups (broad SMARTS) is 1. The lowest BCUT2D eigenvalue weighted by atomic mass is 10.2. The molecule has 0 saturated heterocycles. The molecule has 0 bridgehead atoms. The van der Waals surface area contributed by atoms with Crippen molar-refractivity contribution in [2.75, 3.05) is 0 Å². The van der Waals surface area contributed by atoms with E-state index in [1.54, 1.807) is 30.0 Å². The second kappa shape index (κ2) is 5.11. The maximum absolute atomic E-state index is 11.1. The molecule has 1 fully saturated rings. The summed E-state index contributed by atoms with van der Waals surface area (Å²) in [5.74, 6) is -0.878. The largest absolute Gasteiger partial charge is 0.478 e. The van der Waals surface area contributed by atoms with E-state index in [-0.39, 0.29) is 0 Å². The van der Waals surface area contributed by atoms with Crippen LogP contribution in [0.15, 0.2) is 23.1 Å². The third-order valence-corrected chi connectivity index (χ3v) is 4.40. The highest BCUT2D eigenvalue weighted by Gasteiger charge is 2.19. The number of halogens is 1. The third-order valence-electron chi connectivity index (χ3n) is 2.77. The van der Waals surface area contributed by atoms with Crippen LogP contribution in [0.4, 0.5) is 0 Å². The van der Waals surface area contributed by atoms with Crippen LogP contribution in [0.5, 0.6) is 0 Å². The maximum atomic E-state index is 11.1. The van der Waals surface area contributed by atoms with E-state index >= 15 is 0 Å². The lowest BCUT2D eigenvalue weighted by Gasteiger charge is -2.11. The van der Waals surface area contributed by atoms with Crippen molar-refractivity contribution in [2.45, 2.75) is 35.8 Å². The van der Waals surface area contributed by atoms with Gasteiger partial charge in [-0.1, -0.05) is 24.4 Å². The molecule has 0 spiro atoms. The number of thioether (sulfide) groups is 1. The number of benzene rings is 1. The van der Waals surface area contributed by atoms with Crippen LogP contribution in [0.25, 0.3) is 0 Å². The molecule has 2 rings (SSSR count). The fourth-order valence-corrected chi connectivity index (χ4v) is 3.60. The van der Waals surface area contributed by atoms with E-state index in [2.05, 4.69) is 0 Å². The smallest absolute Gasteiger partial charge is 0.336 e. The van der Waals surface area contributed by atoms with E-state index in [9.17, 15) is 4.79 Å². The first-order valence-corrected chi connectivity index (χ1v) is 6.62. The van der Waals surface area contributed by atoms with E-state index < -0.39 is 5.97 Å². The van der Waals surface area contributed by atoms with Crippen LogP contribution < -0.4 is 0 Å². The Labute approximate surface area is 104 Å². The van der Waals surface area contributed by atoms with Gasteiger partial charge in [0.1, 0.15) is 0 Å². The van der Waals surface area contributed by atoms with Crippen molar-refractivity contribution < 1.29 is 9.90 Å². The molecule has 86 valence electrons. The van der Waals surface area contributed by atoms with Crippen LogP contribution in [0.2, 0.25) is 5.02 Å². The van der Waals surface area contributed by atoms with Crippen molar-refractivity contribution in [3.8, 4) is 0 Å². The van der Waals surface area contributed by atoms with Gasteiger partial charge in [0.25, 0.3) is 0 Å². The summed E-state index contributed by atoms with van der Waals surface area (Å²) in [6.07, 6.45) is 4.85. The van der Waals surface area contributed by atoms with Crippen LogP contribution in [-0.4, -0.2) is 16.3 Å². The summed E-state index contributed by atoms with van der Waals surface area (Å²) < 4.78 is 0. The molecule has 1 saturated carbocycles. The monoisotopic (exact) mass is 256 g/mol. The highest BCUT2D eigenvalue weighted by atomic mass is 35.5. The van der Waals surface area contributed by atoms with Gasteiger partial charge in [-0.05, 0) is 31.0 Å². The predicted molar refractivity (Wildman–Crippen MR) is 66.5 cm³/mol. The van der Waals surface area contributed by atoms with Crippen LogP contribution >= 0.6 is 23.4 Å². The fourth-order valence-electron chi connectivity index (χ4n) is 1.96. The molecule has 0 unspecified atom stereocenters. The first kappa shape index (κ1) is 11.8. The number of aromatic carboxylic acids is 1. The van der Waals surface area contributed by atoms with Crippen molar-refractivity contribution in [2.24, 2.45) is 0 Å². The van der Waals surface area contributed by atoms with Gasteiger partial charge in [-0.2, -0.15) is 0 Å². The Hall–Kier alpha value is -0.670. The van der Waals surface area contributed by atoms with Gasteiger partial charge in [0, 0.05) is 15.2 Å². The van der Waals surface area contributed by atoms with Crippen LogP contribution in [-0.2, 0) is 0 Å². The number of carbonyl (C=O) groups is 1. The minimum Gasteiger partial charge on any atom is -0.478 e. The molecular weight excluding hydrogens is 244 g/mol. The number of carboxylic acids is 1. The Balaban J connectivity index is 2.22. The Kier molecular flexibility index (Phi) is 3.77. The summed E-state index contributed by atoms with van der Waals surface area (Å²) in [5, 5.41) is 10.2. The molecule has 0 atom stereocenters. The highest BCUT2D eigenvalue weighted by molar-refractivity contribution is 8.00. The van der Waals surface area contributed by atoms with Gasteiger partial charge < -0.3 is 5.11 Å². The molecule has 4 heteroatoms. The van der Waals surface area contributed by atoms with Crippen LogP contribution in [0.1, 0.15) is 36.0 Å². The Morgan fingerprint density at radius 3 is 2.69 bits per heavy atom. The molecule has 0 radical (unpaired) electrons. The molecule has 1 aliphatic rings. The molecule has 1 aromatic carbocycles. The quantitative estimate of drug-likeness (QED) is 0.886. The van der Waals surface area contributed by atoms with E-state index in [0.29, 0.717) is 15.8 Å². The normalized spacial score (nSPS) is 16.6. The first-order chi connectivity index (χ1) is 7.66. The van der Waals surface area contributed by atoms with E-state index in [1.807, 2.05) is 0 Å². The molecule has 0 heterocycles. The summed E-state index contributed by atoms with van der Waals surface area (Å²) in [4.78, 5) is 11.8. The molecule has 0 aliphatic heterocycles. The lowest BCUT2D eigenvalue weighted by Crippen LogP contribution is -2.01. The van der Waals surface area contributed by atoms with E-state index in [0.717, 1.165) is 4.90 Å². The zero-order valence-corrected chi connectivity index (χ0v) is 10.4. The SMILES string of the molecule is O=C(O)c1ccc(Cl)cc1SC1CCCC1. The van der Waals surface area contributed by atoms with Crippen molar-refractivity contribution in [3.63, 3.8) is 0 Å². The summed E-state index contributed by atoms with van der Waals surface area (Å²) in [6.45, 7) is 0. The molecule has 0 aromatic heterocycles. The van der Waals surface area contributed by atoms with Gasteiger partial charge >= 0.3 is 5.97 Å². The maximum Gasteiger partial charge on any atom is 0.336 e. The molecule has 1 aliphatic carbocycles. The summed E-state index contributed by atoms with van der Waals surface area (Å²) in [6, 6.07) is 4.97. The zero-order chi connectivity index (χ0) is 11.5. The first-order valence-electron chi connectivity index (χ1n) is 5.36. The van der Waals surface area contributed by atoms with Gasteiger partial charge in [0.2, 0.25) is 0 Å². The standard InChI is InChI=1S/C12H13ClO2S/c13-8-5-6-10(12(14)15)11(7-8)16-9-3-1-2-4-9/h5-7,9H,1-4H2,(H,14,15). The van der Waals surface area contributed by atoms with Crippen molar-refractivity contribution in [1.29, 1.82) is 0 Å². The van der Waals surface area contributed by atoms with E-state index in [4.69, 9.17) is 16.7 Å². The molecule has 2 nitrogen and oxygen atoms in total. The van der Waals surface area contributed by atoms with Crippen molar-refractivity contribution in [3.05, 3.63) is 28.8 Å². The second-order valence-electron chi connectivity index (χ2n) is 3.97. The molecular formula is C12H13ClO2S. The average Bonchev–Trinajstić information content (AvgIpc) is 2.70. The Morgan fingerprint density at radius 2 is 2.06 bits per heavy atom. The average molecular weight is 257 g/mol. The highest BCUT2D eigenvalue weighted by Crippen LogP contribution is 2.37. The van der Waals surface area contributed by atoms with Gasteiger partial charge in [0.15, 0.2) is 0 Å². The van der Waals surface area contributed by atoms with E-state index in [1.165, 1.54) is 25.7 Å². The fraction of sp³-hybridized carbons (Fsp3) is 0.417. The van der Waals surface area contributed by atoms with Gasteiger partial charge in [-0.25, -0.2) is 4.79 Å². The minimum absolute atomic E-state index is 0.362. The van der Waals surface area contributed by atoms with Crippen molar-refractivity contribution >= 4 is 29.3 Å². The summed E-state index contributed by atoms with van der Waals surface area (Å²) in [5.41, 5.74) is 0.362. The number of hydrogen-bond acceptors (Lipinski definition) is 2. The zero-order valence-electron chi connectivity index (χ0n) is 8.78. The van der Waals surface area contributed by atoms with Crippen molar-refractivity contribution in [1.82, 2.24) is 0 Å². The summed E-state index contributed by atoms with van der Waals surface area (Å²) >= 11 is 7.56. The molecule has 0 amide bonds. The van der Waals surface area contributed by atoms with Gasteiger partial charge in [-0.15, -0.1) is 11.8 Å². The summed E-state index contributed by atoms with van der Waals surface area (Å²) in [7, 11) is 0. The minimum atomic E-state index is -0.878.